The van der Waals surface area contributed by atoms with Crippen LogP contribution in [0.15, 0.2) is 60.8 Å². The van der Waals surface area contributed by atoms with Gasteiger partial charge in [-0.15, -0.1) is 0 Å². The van der Waals surface area contributed by atoms with Crippen molar-refractivity contribution < 1.29 is 32.9 Å². The Morgan fingerprint density at radius 2 is 0.857 bits per heavy atom. The fourth-order valence-electron chi connectivity index (χ4n) is 8.62. The number of quaternary nitrogens is 1. The van der Waals surface area contributed by atoms with Crippen molar-refractivity contribution in [2.45, 2.75) is 283 Å². The molecule has 9 heteroatoms. The SMILES string of the molecule is CC/C=C\C/C=C\C/C=C\C/C=C\CCCCCCCCCCCCCCCCCCCCCCCCCCC(=O)NC(COP(=O)(O)OCC[N+](C)(C)C)C(O)/C=C/CCCCCCCCCCC. The number of phosphoric acid groups is 1. The normalized spacial score (nSPS) is 14.3. The Kier molecular flexibility index (Phi) is 50.7. The number of likely N-dealkylation sites (N-methyl/N-ethyl adjacent to an activating group) is 1. The maximum absolute atomic E-state index is 12.9. The Hall–Kier alpha value is -1.80. The lowest BCUT2D eigenvalue weighted by atomic mass is 10.0. The van der Waals surface area contributed by atoms with Crippen LogP contribution >= 0.6 is 7.82 Å². The first-order valence-electron chi connectivity index (χ1n) is 29.7. The predicted octanol–water partition coefficient (Wildman–Crippen LogP) is 18.1. The van der Waals surface area contributed by atoms with Crippen molar-refractivity contribution in [2.24, 2.45) is 0 Å². The van der Waals surface area contributed by atoms with E-state index in [-0.39, 0.29) is 19.1 Å². The maximum atomic E-state index is 12.9. The Bertz CT molecular complexity index is 1320. The summed E-state index contributed by atoms with van der Waals surface area (Å²) in [5.41, 5.74) is 0. The molecule has 0 heterocycles. The van der Waals surface area contributed by atoms with Crippen LogP contribution in [0.5, 0.6) is 0 Å². The average Bonchev–Trinajstić information content (AvgIpc) is 3.32. The minimum atomic E-state index is -4.34. The van der Waals surface area contributed by atoms with E-state index in [1.165, 1.54) is 186 Å². The second-order valence-electron chi connectivity index (χ2n) is 21.3. The number of aliphatic hydroxyl groups excluding tert-OH is 1. The minimum absolute atomic E-state index is 0.0622. The zero-order valence-electron chi connectivity index (χ0n) is 46.8. The Morgan fingerprint density at radius 3 is 1.26 bits per heavy atom. The smallest absolute Gasteiger partial charge is 0.387 e. The molecule has 1 amide bonds. The largest absolute Gasteiger partial charge is 0.472 e. The van der Waals surface area contributed by atoms with Crippen LogP contribution in [0.2, 0.25) is 0 Å². The van der Waals surface area contributed by atoms with Gasteiger partial charge in [-0.2, -0.15) is 0 Å². The van der Waals surface area contributed by atoms with Gasteiger partial charge in [-0.05, 0) is 57.8 Å². The fourth-order valence-corrected chi connectivity index (χ4v) is 9.36. The van der Waals surface area contributed by atoms with Crippen LogP contribution in [-0.4, -0.2) is 73.4 Å². The molecule has 0 aliphatic heterocycles. The standard InChI is InChI=1S/C61H115N2O6P/c1-6-8-10-12-14-16-18-19-20-21-22-23-24-25-26-27-28-29-30-31-32-33-34-35-36-37-38-39-40-41-42-43-45-47-49-51-53-55-61(65)62-59(58-69-70(66,67)68-57-56-63(3,4)5)60(64)54-52-50-48-46-44-17-15-13-11-9-7-2/h8,10,14,16,19-20,22-23,52,54,59-60,64H,6-7,9,11-13,15,17-18,21,24-51,53,55-58H2,1-5H3,(H-,62,65,66,67)/p+1/b10-8-,16-14-,20-19-,23-22-,54-52+. The van der Waals surface area contributed by atoms with Gasteiger partial charge in [-0.25, -0.2) is 4.57 Å². The van der Waals surface area contributed by atoms with E-state index >= 15 is 0 Å². The Morgan fingerprint density at radius 1 is 0.500 bits per heavy atom. The number of hydrogen-bond donors (Lipinski definition) is 3. The number of rotatable bonds is 54. The molecule has 3 atom stereocenters. The molecule has 0 aliphatic carbocycles. The van der Waals surface area contributed by atoms with Crippen LogP contribution in [0.3, 0.4) is 0 Å². The number of nitrogens with one attached hydrogen (secondary N) is 1. The molecule has 0 bridgehead atoms. The summed E-state index contributed by atoms with van der Waals surface area (Å²) in [6.45, 7) is 4.70. The average molecular weight is 1000 g/mol. The zero-order valence-corrected chi connectivity index (χ0v) is 47.7. The van der Waals surface area contributed by atoms with Gasteiger partial charge in [-0.1, -0.05) is 267 Å². The molecular weight excluding hydrogens is 888 g/mol. The van der Waals surface area contributed by atoms with Crippen molar-refractivity contribution in [3.8, 4) is 0 Å². The van der Waals surface area contributed by atoms with E-state index in [1.54, 1.807) is 6.08 Å². The number of allylic oxidation sites excluding steroid dienone is 9. The highest BCUT2D eigenvalue weighted by molar-refractivity contribution is 7.47. The highest BCUT2D eigenvalue weighted by Crippen LogP contribution is 2.43. The van der Waals surface area contributed by atoms with E-state index < -0.39 is 20.0 Å². The number of carbonyl (C=O) groups excluding carboxylic acids is 1. The lowest BCUT2D eigenvalue weighted by Crippen LogP contribution is -2.45. The van der Waals surface area contributed by atoms with E-state index in [0.29, 0.717) is 17.4 Å². The molecule has 3 N–H and O–H groups in total. The Balaban J connectivity index is 3.88. The van der Waals surface area contributed by atoms with Crippen LogP contribution in [0.1, 0.15) is 271 Å². The summed E-state index contributed by atoms with van der Waals surface area (Å²) in [6, 6.07) is -0.844. The number of unbranched alkanes of at least 4 members (excludes halogenated alkanes) is 33. The van der Waals surface area contributed by atoms with Gasteiger partial charge in [0.1, 0.15) is 13.2 Å². The minimum Gasteiger partial charge on any atom is -0.387 e. The first kappa shape index (κ1) is 68.2. The Labute approximate surface area is 434 Å². The summed E-state index contributed by atoms with van der Waals surface area (Å²) < 4.78 is 23.6. The predicted molar refractivity (Wildman–Crippen MR) is 304 cm³/mol. The van der Waals surface area contributed by atoms with Crippen molar-refractivity contribution in [3.63, 3.8) is 0 Å². The molecule has 0 saturated carbocycles. The van der Waals surface area contributed by atoms with Crippen molar-refractivity contribution >= 4 is 13.7 Å². The molecule has 0 rings (SSSR count). The fraction of sp³-hybridized carbons (Fsp3) is 0.820. The quantitative estimate of drug-likeness (QED) is 0.0243. The lowest BCUT2D eigenvalue weighted by Gasteiger charge is -2.25. The summed E-state index contributed by atoms with van der Waals surface area (Å²) in [7, 11) is 1.58. The van der Waals surface area contributed by atoms with Crippen molar-refractivity contribution in [3.05, 3.63) is 60.8 Å². The third-order valence-electron chi connectivity index (χ3n) is 13.2. The summed E-state index contributed by atoms with van der Waals surface area (Å²) in [6.07, 6.45) is 70.7. The second-order valence-corrected chi connectivity index (χ2v) is 22.8. The van der Waals surface area contributed by atoms with E-state index in [4.69, 9.17) is 9.05 Å². The summed E-state index contributed by atoms with van der Waals surface area (Å²) >= 11 is 0. The van der Waals surface area contributed by atoms with E-state index in [1.807, 2.05) is 27.2 Å². The monoisotopic (exact) mass is 1000 g/mol. The van der Waals surface area contributed by atoms with Crippen molar-refractivity contribution in [2.75, 3.05) is 40.9 Å². The third-order valence-corrected chi connectivity index (χ3v) is 14.2. The van der Waals surface area contributed by atoms with Crippen molar-refractivity contribution in [1.82, 2.24) is 5.32 Å². The lowest BCUT2D eigenvalue weighted by molar-refractivity contribution is -0.870. The van der Waals surface area contributed by atoms with E-state index in [9.17, 15) is 19.4 Å². The molecule has 0 aromatic carbocycles. The number of hydrogen-bond acceptors (Lipinski definition) is 5. The summed E-state index contributed by atoms with van der Waals surface area (Å²) in [4.78, 5) is 23.2. The van der Waals surface area contributed by atoms with Crippen LogP contribution in [0.4, 0.5) is 0 Å². The summed E-state index contributed by atoms with van der Waals surface area (Å²) in [5, 5.41) is 13.9. The van der Waals surface area contributed by atoms with Crippen LogP contribution in [0, 0.1) is 0 Å². The van der Waals surface area contributed by atoms with E-state index in [0.717, 1.165) is 64.2 Å². The van der Waals surface area contributed by atoms with Gasteiger partial charge in [0, 0.05) is 6.42 Å². The maximum Gasteiger partial charge on any atom is 0.472 e. The van der Waals surface area contributed by atoms with Gasteiger partial charge in [0.2, 0.25) is 5.91 Å². The first-order chi connectivity index (χ1) is 34.0. The number of nitrogens with zero attached hydrogens (tertiary/aromatic N) is 1. The molecule has 3 unspecified atom stereocenters. The molecule has 0 aromatic rings. The molecule has 410 valence electrons. The molecule has 8 nitrogen and oxygen atoms in total. The van der Waals surface area contributed by atoms with Gasteiger partial charge in [-0.3, -0.25) is 13.8 Å². The molecule has 70 heavy (non-hydrogen) atoms. The zero-order chi connectivity index (χ0) is 51.3. The summed E-state index contributed by atoms with van der Waals surface area (Å²) in [5.74, 6) is -0.175. The first-order valence-corrected chi connectivity index (χ1v) is 31.2. The molecule has 0 saturated heterocycles. The molecule has 0 fully saturated rings. The van der Waals surface area contributed by atoms with Gasteiger partial charge >= 0.3 is 7.82 Å². The molecular formula is C61H116N2O6P+. The van der Waals surface area contributed by atoms with Gasteiger partial charge in [0.15, 0.2) is 0 Å². The van der Waals surface area contributed by atoms with Crippen LogP contribution in [0.25, 0.3) is 0 Å². The number of amides is 1. The van der Waals surface area contributed by atoms with Gasteiger partial charge in [0.25, 0.3) is 0 Å². The van der Waals surface area contributed by atoms with Crippen LogP contribution in [-0.2, 0) is 18.4 Å². The van der Waals surface area contributed by atoms with Gasteiger partial charge < -0.3 is 19.8 Å². The second kappa shape index (κ2) is 52.1. The molecule has 0 radical (unpaired) electrons. The molecule has 0 aliphatic rings. The topological polar surface area (TPSA) is 105 Å². The van der Waals surface area contributed by atoms with Crippen LogP contribution < -0.4 is 5.32 Å². The van der Waals surface area contributed by atoms with Crippen molar-refractivity contribution in [1.29, 1.82) is 0 Å². The third kappa shape index (κ3) is 54.0. The number of aliphatic hydroxyl groups is 1. The molecule has 0 spiro atoms. The molecule has 0 aromatic heterocycles. The highest BCUT2D eigenvalue weighted by atomic mass is 31.2. The number of phosphoric ester groups is 1. The van der Waals surface area contributed by atoms with E-state index in [2.05, 4.69) is 67.8 Å². The number of carbonyl (C=O) groups is 1. The van der Waals surface area contributed by atoms with Gasteiger partial charge in [0.05, 0.1) is 39.9 Å². The highest BCUT2D eigenvalue weighted by Gasteiger charge is 2.27.